The van der Waals surface area contributed by atoms with Gasteiger partial charge in [-0.25, -0.2) is 0 Å². The second-order valence-electron chi connectivity index (χ2n) is 7.30. The third-order valence-corrected chi connectivity index (χ3v) is 5.35. The van der Waals surface area contributed by atoms with E-state index >= 15 is 0 Å². The summed E-state index contributed by atoms with van der Waals surface area (Å²) in [6, 6.07) is 1.52. The second-order valence-corrected chi connectivity index (χ2v) is 7.30. The molecule has 2 aliphatic rings. The van der Waals surface area contributed by atoms with Crippen molar-refractivity contribution in [3.05, 3.63) is 0 Å². The van der Waals surface area contributed by atoms with Gasteiger partial charge in [-0.2, -0.15) is 0 Å². The van der Waals surface area contributed by atoms with E-state index in [1.807, 2.05) is 0 Å². The second kappa shape index (κ2) is 7.77. The van der Waals surface area contributed by atoms with Crippen LogP contribution in [0.3, 0.4) is 0 Å². The minimum atomic E-state index is 0.660. The fourth-order valence-corrected chi connectivity index (χ4v) is 4.01. The molecule has 2 heterocycles. The molecule has 0 bridgehead atoms. The molecule has 3 heteroatoms. The smallest absolute Gasteiger partial charge is 0.0217 e. The van der Waals surface area contributed by atoms with Crippen molar-refractivity contribution in [2.45, 2.75) is 58.5 Å². The highest BCUT2D eigenvalue weighted by Crippen LogP contribution is 2.29. The monoisotopic (exact) mass is 281 g/mol. The van der Waals surface area contributed by atoms with Crippen molar-refractivity contribution in [1.29, 1.82) is 0 Å². The van der Waals surface area contributed by atoms with Crippen LogP contribution in [-0.4, -0.2) is 61.7 Å². The van der Waals surface area contributed by atoms with Gasteiger partial charge in [-0.3, -0.25) is 0 Å². The predicted molar refractivity (Wildman–Crippen MR) is 87.1 cm³/mol. The van der Waals surface area contributed by atoms with E-state index < -0.39 is 0 Å². The summed E-state index contributed by atoms with van der Waals surface area (Å²) in [7, 11) is 2.33. The topological polar surface area (TPSA) is 18.5 Å². The van der Waals surface area contributed by atoms with Crippen molar-refractivity contribution in [3.8, 4) is 0 Å². The van der Waals surface area contributed by atoms with Crippen molar-refractivity contribution in [2.75, 3.05) is 39.8 Å². The molecule has 2 aliphatic heterocycles. The quantitative estimate of drug-likeness (QED) is 0.807. The lowest BCUT2D eigenvalue weighted by molar-refractivity contribution is 0.0327. The van der Waals surface area contributed by atoms with Crippen LogP contribution in [0.25, 0.3) is 0 Å². The fourth-order valence-electron chi connectivity index (χ4n) is 4.01. The Morgan fingerprint density at radius 2 is 2.00 bits per heavy atom. The number of hydrogen-bond donors (Lipinski definition) is 1. The average Bonchev–Trinajstić information content (AvgIpc) is 2.43. The van der Waals surface area contributed by atoms with Gasteiger partial charge in [0.1, 0.15) is 0 Å². The van der Waals surface area contributed by atoms with E-state index in [1.165, 1.54) is 51.9 Å². The van der Waals surface area contributed by atoms with Crippen LogP contribution >= 0.6 is 0 Å². The zero-order chi connectivity index (χ0) is 14.5. The van der Waals surface area contributed by atoms with E-state index in [4.69, 9.17) is 0 Å². The highest BCUT2D eigenvalue weighted by Gasteiger charge is 2.34. The van der Waals surface area contributed by atoms with Gasteiger partial charge >= 0.3 is 0 Å². The fraction of sp³-hybridized carbons (Fsp3) is 1.00. The lowest BCUT2D eigenvalue weighted by Gasteiger charge is -2.46. The molecule has 0 radical (unpaired) electrons. The number of nitrogens with zero attached hydrogens (tertiary/aromatic N) is 2. The van der Waals surface area contributed by atoms with E-state index in [9.17, 15) is 0 Å². The first kappa shape index (κ1) is 16.3. The summed E-state index contributed by atoms with van der Waals surface area (Å²) >= 11 is 0. The highest BCUT2D eigenvalue weighted by atomic mass is 15.2. The van der Waals surface area contributed by atoms with Gasteiger partial charge < -0.3 is 15.1 Å². The largest absolute Gasteiger partial charge is 0.312 e. The van der Waals surface area contributed by atoms with Crippen molar-refractivity contribution >= 4 is 0 Å². The minimum absolute atomic E-state index is 0.660. The molecule has 118 valence electrons. The summed E-state index contributed by atoms with van der Waals surface area (Å²) in [4.78, 5) is 5.34. The first-order valence-corrected chi connectivity index (χ1v) is 8.77. The van der Waals surface area contributed by atoms with E-state index in [2.05, 4.69) is 42.9 Å². The van der Waals surface area contributed by atoms with Crippen LogP contribution in [0.4, 0.5) is 0 Å². The third-order valence-electron chi connectivity index (χ3n) is 5.35. The Bertz CT molecular complexity index is 279. The Balaban J connectivity index is 1.84. The number of likely N-dealkylation sites (tertiary alicyclic amines) is 2. The maximum atomic E-state index is 3.74. The lowest BCUT2D eigenvalue weighted by Crippen LogP contribution is -2.55. The average molecular weight is 281 g/mol. The number of fused-ring (bicyclic) bond motifs is 1. The third kappa shape index (κ3) is 4.19. The molecular formula is C17H35N3. The maximum absolute atomic E-state index is 3.74. The van der Waals surface area contributed by atoms with Crippen LogP contribution in [0, 0.1) is 11.8 Å². The molecule has 2 rings (SSSR count). The van der Waals surface area contributed by atoms with Gasteiger partial charge in [-0.05, 0) is 64.2 Å². The first-order chi connectivity index (χ1) is 9.61. The Morgan fingerprint density at radius 1 is 1.20 bits per heavy atom. The van der Waals surface area contributed by atoms with Crippen molar-refractivity contribution in [1.82, 2.24) is 15.1 Å². The van der Waals surface area contributed by atoms with Crippen LogP contribution in [0.5, 0.6) is 0 Å². The summed E-state index contributed by atoms with van der Waals surface area (Å²) in [5.74, 6) is 1.65. The molecule has 3 unspecified atom stereocenters. The summed E-state index contributed by atoms with van der Waals surface area (Å²) in [5, 5.41) is 3.74. The molecule has 0 spiro atoms. The zero-order valence-corrected chi connectivity index (χ0v) is 14.1. The molecule has 2 saturated heterocycles. The number of piperidine rings is 2. The minimum Gasteiger partial charge on any atom is -0.312 e. The Labute approximate surface area is 126 Å². The SMILES string of the molecule is CCCNC(CN1CCC2C(CCCN2C)C1)C(C)C. The molecule has 20 heavy (non-hydrogen) atoms. The zero-order valence-electron chi connectivity index (χ0n) is 14.1. The van der Waals surface area contributed by atoms with E-state index in [1.54, 1.807) is 0 Å². The van der Waals surface area contributed by atoms with E-state index in [0.717, 1.165) is 24.4 Å². The van der Waals surface area contributed by atoms with Crippen molar-refractivity contribution in [2.24, 2.45) is 11.8 Å². The highest BCUT2D eigenvalue weighted by molar-refractivity contribution is 4.90. The summed E-state index contributed by atoms with van der Waals surface area (Å²) < 4.78 is 0. The molecule has 0 aromatic heterocycles. The van der Waals surface area contributed by atoms with Crippen molar-refractivity contribution in [3.63, 3.8) is 0 Å². The normalized spacial score (nSPS) is 30.4. The first-order valence-electron chi connectivity index (χ1n) is 8.77. The number of hydrogen-bond acceptors (Lipinski definition) is 3. The summed E-state index contributed by atoms with van der Waals surface area (Å²) in [5.41, 5.74) is 0. The molecule has 3 nitrogen and oxygen atoms in total. The molecule has 3 atom stereocenters. The van der Waals surface area contributed by atoms with Gasteiger partial charge in [0.2, 0.25) is 0 Å². The summed E-state index contributed by atoms with van der Waals surface area (Å²) in [6.45, 7) is 13.3. The van der Waals surface area contributed by atoms with E-state index in [0.29, 0.717) is 6.04 Å². The standard InChI is InChI=1S/C17H35N3/c1-5-9-18-16(14(2)3)13-20-11-8-17-15(12-20)7-6-10-19(17)4/h14-18H,5-13H2,1-4H3. The van der Waals surface area contributed by atoms with Gasteiger partial charge in [0.25, 0.3) is 0 Å². The van der Waals surface area contributed by atoms with Crippen LogP contribution in [0.2, 0.25) is 0 Å². The summed E-state index contributed by atoms with van der Waals surface area (Å²) in [6.07, 6.45) is 5.45. The number of rotatable bonds is 6. The predicted octanol–water partition coefficient (Wildman–Crippen LogP) is 2.43. The van der Waals surface area contributed by atoms with Crippen LogP contribution in [0.1, 0.15) is 46.5 Å². The van der Waals surface area contributed by atoms with E-state index in [-0.39, 0.29) is 0 Å². The Morgan fingerprint density at radius 3 is 2.70 bits per heavy atom. The van der Waals surface area contributed by atoms with Crippen LogP contribution in [-0.2, 0) is 0 Å². The molecule has 0 aliphatic carbocycles. The maximum Gasteiger partial charge on any atom is 0.0217 e. The van der Waals surface area contributed by atoms with Gasteiger partial charge in [0.15, 0.2) is 0 Å². The lowest BCUT2D eigenvalue weighted by atomic mass is 9.84. The molecular weight excluding hydrogens is 246 g/mol. The molecule has 2 fully saturated rings. The van der Waals surface area contributed by atoms with Gasteiger partial charge in [0, 0.05) is 25.2 Å². The van der Waals surface area contributed by atoms with Gasteiger partial charge in [-0.15, -0.1) is 0 Å². The molecule has 0 aromatic carbocycles. The van der Waals surface area contributed by atoms with Crippen molar-refractivity contribution < 1.29 is 0 Å². The molecule has 0 saturated carbocycles. The number of nitrogens with one attached hydrogen (secondary N) is 1. The Kier molecular flexibility index (Phi) is 6.31. The molecule has 1 N–H and O–H groups in total. The molecule has 0 aromatic rings. The van der Waals surface area contributed by atoms with Gasteiger partial charge in [0.05, 0.1) is 0 Å². The molecule has 0 amide bonds. The Hall–Kier alpha value is -0.120. The van der Waals surface area contributed by atoms with Crippen LogP contribution < -0.4 is 5.32 Å². The van der Waals surface area contributed by atoms with Gasteiger partial charge in [-0.1, -0.05) is 20.8 Å². The van der Waals surface area contributed by atoms with Crippen LogP contribution in [0.15, 0.2) is 0 Å².